The quantitative estimate of drug-likeness (QED) is 0.799. The van der Waals surface area contributed by atoms with Gasteiger partial charge in [-0.25, -0.2) is 18.7 Å². The number of anilines is 1. The van der Waals surface area contributed by atoms with E-state index in [0.717, 1.165) is 13.1 Å². The molecule has 7 heteroatoms. The first-order chi connectivity index (χ1) is 9.04. The van der Waals surface area contributed by atoms with Crippen molar-refractivity contribution >= 4 is 17.4 Å². The summed E-state index contributed by atoms with van der Waals surface area (Å²) in [6.07, 6.45) is 0.112. The first-order valence-electron chi connectivity index (χ1n) is 6.28. The second-order valence-electron chi connectivity index (χ2n) is 4.93. The maximum Gasteiger partial charge on any atom is 0.252 e. The first kappa shape index (κ1) is 13.0. The predicted octanol–water partition coefficient (Wildman–Crippen LogP) is 2.16. The number of ether oxygens (including phenoxy) is 1. The van der Waals surface area contributed by atoms with Crippen LogP contribution in [0.15, 0.2) is 6.07 Å². The van der Waals surface area contributed by atoms with E-state index in [1.165, 1.54) is 0 Å². The van der Waals surface area contributed by atoms with Crippen LogP contribution in [-0.2, 0) is 11.2 Å². The van der Waals surface area contributed by atoms with E-state index in [4.69, 9.17) is 16.3 Å². The number of morpholine rings is 1. The van der Waals surface area contributed by atoms with Gasteiger partial charge in [0, 0.05) is 37.9 Å². The monoisotopic (exact) mass is 289 g/mol. The van der Waals surface area contributed by atoms with Crippen LogP contribution in [0, 0.1) is 5.92 Å². The molecule has 2 heterocycles. The van der Waals surface area contributed by atoms with Gasteiger partial charge >= 0.3 is 0 Å². The molecule has 104 valence electrons. The second kappa shape index (κ2) is 4.83. The fourth-order valence-electron chi connectivity index (χ4n) is 2.21. The summed E-state index contributed by atoms with van der Waals surface area (Å²) in [6, 6.07) is 1.67. The number of alkyl halides is 2. The second-order valence-corrected chi connectivity index (χ2v) is 5.32. The molecular formula is C12H14ClF2N3O. The standard InChI is InChI=1S/C12H14ClF2N3O/c13-9-6-11(18-1-3-19-4-2-18)17-10(16-9)5-8-7-12(8,14)15/h6,8H,1-5,7H2. The molecule has 0 radical (unpaired) electrons. The molecule has 0 amide bonds. The third kappa shape index (κ3) is 2.95. The molecule has 1 aliphatic carbocycles. The smallest absolute Gasteiger partial charge is 0.252 e. The number of hydrogen-bond donors (Lipinski definition) is 0. The zero-order valence-electron chi connectivity index (χ0n) is 10.3. The minimum atomic E-state index is -2.55. The van der Waals surface area contributed by atoms with Crippen LogP contribution in [0.1, 0.15) is 12.2 Å². The van der Waals surface area contributed by atoms with Gasteiger partial charge in [0.05, 0.1) is 13.2 Å². The first-order valence-corrected chi connectivity index (χ1v) is 6.66. The molecule has 1 unspecified atom stereocenters. The highest BCUT2D eigenvalue weighted by Crippen LogP contribution is 2.50. The molecule has 1 aromatic heterocycles. The fourth-order valence-corrected chi connectivity index (χ4v) is 2.40. The van der Waals surface area contributed by atoms with Crippen LogP contribution in [0.3, 0.4) is 0 Å². The van der Waals surface area contributed by atoms with Gasteiger partial charge < -0.3 is 9.64 Å². The highest BCUT2D eigenvalue weighted by molar-refractivity contribution is 6.29. The molecule has 1 aromatic rings. The van der Waals surface area contributed by atoms with Crippen LogP contribution < -0.4 is 4.90 Å². The van der Waals surface area contributed by atoms with E-state index < -0.39 is 11.8 Å². The zero-order valence-corrected chi connectivity index (χ0v) is 11.0. The lowest BCUT2D eigenvalue weighted by atomic mass is 10.2. The third-order valence-electron chi connectivity index (χ3n) is 3.45. The Balaban J connectivity index is 1.76. The third-order valence-corrected chi connectivity index (χ3v) is 3.64. The summed E-state index contributed by atoms with van der Waals surface area (Å²) in [5, 5.41) is 0.301. The van der Waals surface area contributed by atoms with Crippen LogP contribution in [0.2, 0.25) is 5.15 Å². The van der Waals surface area contributed by atoms with Gasteiger partial charge in [-0.3, -0.25) is 0 Å². The molecule has 0 aromatic carbocycles. The molecule has 4 nitrogen and oxygen atoms in total. The fraction of sp³-hybridized carbons (Fsp3) is 0.667. The summed E-state index contributed by atoms with van der Waals surface area (Å²) in [6.45, 7) is 2.73. The Morgan fingerprint density at radius 2 is 2.05 bits per heavy atom. The van der Waals surface area contributed by atoms with Gasteiger partial charge in [-0.05, 0) is 0 Å². The minimum Gasteiger partial charge on any atom is -0.378 e. The van der Waals surface area contributed by atoms with E-state index in [9.17, 15) is 8.78 Å². The Morgan fingerprint density at radius 3 is 2.68 bits per heavy atom. The highest BCUT2D eigenvalue weighted by atomic mass is 35.5. The Morgan fingerprint density at radius 1 is 1.37 bits per heavy atom. The van der Waals surface area contributed by atoms with Crippen LogP contribution in [0.4, 0.5) is 14.6 Å². The summed E-state index contributed by atoms with van der Waals surface area (Å²) in [7, 11) is 0. The largest absolute Gasteiger partial charge is 0.378 e. The zero-order chi connectivity index (χ0) is 13.5. The van der Waals surface area contributed by atoms with Gasteiger partial charge in [-0.15, -0.1) is 0 Å². The van der Waals surface area contributed by atoms with Crippen LogP contribution in [-0.4, -0.2) is 42.2 Å². The Kier molecular flexibility index (Phi) is 3.30. The average Bonchev–Trinajstić information content (AvgIpc) is 2.97. The highest BCUT2D eigenvalue weighted by Gasteiger charge is 2.56. The summed E-state index contributed by atoms with van der Waals surface area (Å²) in [4.78, 5) is 10.4. The lowest BCUT2D eigenvalue weighted by Crippen LogP contribution is -2.37. The van der Waals surface area contributed by atoms with Crippen molar-refractivity contribution in [3.63, 3.8) is 0 Å². The number of halogens is 3. The van der Waals surface area contributed by atoms with Gasteiger partial charge in [0.1, 0.15) is 16.8 Å². The molecule has 2 fully saturated rings. The molecule has 0 bridgehead atoms. The predicted molar refractivity (Wildman–Crippen MR) is 66.8 cm³/mol. The van der Waals surface area contributed by atoms with Crippen molar-refractivity contribution in [3.05, 3.63) is 17.0 Å². The van der Waals surface area contributed by atoms with Crippen molar-refractivity contribution in [2.45, 2.75) is 18.8 Å². The van der Waals surface area contributed by atoms with Crippen LogP contribution in [0.25, 0.3) is 0 Å². The van der Waals surface area contributed by atoms with Gasteiger partial charge in [0.25, 0.3) is 5.92 Å². The Bertz CT molecular complexity index is 480. The van der Waals surface area contributed by atoms with Gasteiger partial charge in [-0.1, -0.05) is 11.6 Å². The molecular weight excluding hydrogens is 276 g/mol. The molecule has 3 rings (SSSR count). The normalized spacial score (nSPS) is 25.4. The average molecular weight is 290 g/mol. The van der Waals surface area contributed by atoms with Crippen molar-refractivity contribution < 1.29 is 13.5 Å². The minimum absolute atomic E-state index is 0.0736. The number of hydrogen-bond acceptors (Lipinski definition) is 4. The van der Waals surface area contributed by atoms with E-state index in [-0.39, 0.29) is 12.8 Å². The summed E-state index contributed by atoms with van der Waals surface area (Å²) in [5.74, 6) is -2.09. The molecule has 2 aliphatic rings. The molecule has 1 aliphatic heterocycles. The number of aromatic nitrogens is 2. The Labute approximate surface area is 114 Å². The maximum atomic E-state index is 12.9. The topological polar surface area (TPSA) is 38.2 Å². The molecule has 1 saturated carbocycles. The van der Waals surface area contributed by atoms with Crippen LogP contribution >= 0.6 is 11.6 Å². The molecule has 0 spiro atoms. The number of nitrogens with zero attached hydrogens (tertiary/aromatic N) is 3. The van der Waals surface area contributed by atoms with Crippen molar-refractivity contribution in [1.29, 1.82) is 0 Å². The van der Waals surface area contributed by atoms with Crippen molar-refractivity contribution in [3.8, 4) is 0 Å². The van der Waals surface area contributed by atoms with Gasteiger partial charge in [-0.2, -0.15) is 0 Å². The Hall–Kier alpha value is -1.01. The molecule has 0 N–H and O–H groups in total. The summed E-state index contributed by atoms with van der Waals surface area (Å²) >= 11 is 5.95. The van der Waals surface area contributed by atoms with Crippen LogP contribution in [0.5, 0.6) is 0 Å². The molecule has 19 heavy (non-hydrogen) atoms. The molecule has 1 saturated heterocycles. The summed E-state index contributed by atoms with van der Waals surface area (Å²) in [5.41, 5.74) is 0. The number of rotatable bonds is 3. The van der Waals surface area contributed by atoms with E-state index in [1.54, 1.807) is 6.07 Å². The lowest BCUT2D eigenvalue weighted by molar-refractivity contribution is 0.0985. The lowest BCUT2D eigenvalue weighted by Gasteiger charge is -2.28. The summed E-state index contributed by atoms with van der Waals surface area (Å²) < 4.78 is 31.1. The maximum absolute atomic E-state index is 12.9. The van der Waals surface area contributed by atoms with Crippen molar-refractivity contribution in [2.24, 2.45) is 5.92 Å². The van der Waals surface area contributed by atoms with Crippen molar-refractivity contribution in [2.75, 3.05) is 31.2 Å². The SMILES string of the molecule is FC1(F)CC1Cc1nc(Cl)cc(N2CCOCC2)n1. The van der Waals surface area contributed by atoms with Crippen molar-refractivity contribution in [1.82, 2.24) is 9.97 Å². The van der Waals surface area contributed by atoms with E-state index >= 15 is 0 Å². The van der Waals surface area contributed by atoms with E-state index in [0.29, 0.717) is 30.0 Å². The molecule has 1 atom stereocenters. The van der Waals surface area contributed by atoms with E-state index in [2.05, 4.69) is 9.97 Å². The van der Waals surface area contributed by atoms with Gasteiger partial charge in [0.15, 0.2) is 0 Å². The van der Waals surface area contributed by atoms with E-state index in [1.807, 2.05) is 4.90 Å². The van der Waals surface area contributed by atoms with Gasteiger partial charge in [0.2, 0.25) is 0 Å².